The molecule has 88 valence electrons. The first-order chi connectivity index (χ1) is 7.31. The first-order valence-corrected chi connectivity index (χ1v) is 5.38. The first-order valence-electron chi connectivity index (χ1n) is 5.38. The normalized spacial score (nSPS) is 35.0. The number of hydrogen-bond acceptors (Lipinski definition) is 4. The van der Waals surface area contributed by atoms with Crippen molar-refractivity contribution in [1.29, 1.82) is 0 Å². The molecule has 2 rings (SSSR count). The van der Waals surface area contributed by atoms with Gasteiger partial charge >= 0.3 is 0 Å². The van der Waals surface area contributed by atoms with E-state index in [4.69, 9.17) is 5.11 Å². The molecule has 3 unspecified atom stereocenters. The van der Waals surface area contributed by atoms with Crippen LogP contribution < -0.4 is 5.32 Å². The summed E-state index contributed by atoms with van der Waals surface area (Å²) in [7, 11) is 1.00. The Morgan fingerprint density at radius 3 is 2.87 bits per heavy atom. The molecular weight excluding hydrogens is 196 g/mol. The van der Waals surface area contributed by atoms with E-state index in [0.717, 1.165) is 33.0 Å². The van der Waals surface area contributed by atoms with Gasteiger partial charge in [0.25, 0.3) is 0 Å². The van der Waals surface area contributed by atoms with Crippen molar-refractivity contribution >= 4 is 6.41 Å². The zero-order valence-corrected chi connectivity index (χ0v) is 9.09. The minimum atomic E-state index is -0.256. The fraction of sp³-hybridized carbons (Fsp3) is 0.900. The van der Waals surface area contributed by atoms with Crippen molar-refractivity contribution in [3.05, 3.63) is 0 Å². The molecule has 0 aromatic heterocycles. The van der Waals surface area contributed by atoms with Crippen LogP contribution in [0.25, 0.3) is 0 Å². The predicted molar refractivity (Wildman–Crippen MR) is 56.3 cm³/mol. The van der Waals surface area contributed by atoms with Gasteiger partial charge in [-0.05, 0) is 25.8 Å². The summed E-state index contributed by atoms with van der Waals surface area (Å²) in [6.07, 6.45) is 3.46. The number of carbonyl (C=O) groups is 1. The van der Waals surface area contributed by atoms with Crippen LogP contribution in [0.4, 0.5) is 0 Å². The number of hydrogen-bond donors (Lipinski definition) is 3. The number of nitrogens with zero attached hydrogens (tertiary/aromatic N) is 1. The van der Waals surface area contributed by atoms with E-state index < -0.39 is 0 Å². The lowest BCUT2D eigenvalue weighted by Gasteiger charge is -2.38. The van der Waals surface area contributed by atoms with Gasteiger partial charge in [0.05, 0.1) is 6.10 Å². The molecule has 5 heteroatoms. The summed E-state index contributed by atoms with van der Waals surface area (Å²) in [5.74, 6) is 0. The number of rotatable bonds is 2. The standard InChI is InChI=1S/C9H16N2O2.CH4O/c12-6-10-7-4-9(13)8-2-1-3-11(8)5-7;1-2/h6-9,13H,1-5H2,(H,10,12);2H,1H3. The maximum atomic E-state index is 10.3. The summed E-state index contributed by atoms with van der Waals surface area (Å²) in [6, 6.07) is 0.492. The van der Waals surface area contributed by atoms with Gasteiger partial charge in [0.2, 0.25) is 6.41 Å². The third-order valence-electron chi connectivity index (χ3n) is 3.14. The summed E-state index contributed by atoms with van der Waals surface area (Å²) >= 11 is 0. The van der Waals surface area contributed by atoms with E-state index in [0.29, 0.717) is 12.5 Å². The maximum absolute atomic E-state index is 10.3. The van der Waals surface area contributed by atoms with Gasteiger partial charge in [-0.25, -0.2) is 0 Å². The Bertz CT molecular complexity index is 201. The molecule has 5 nitrogen and oxygen atoms in total. The molecule has 0 saturated carbocycles. The molecule has 0 spiro atoms. The summed E-state index contributed by atoms with van der Waals surface area (Å²) in [5.41, 5.74) is 0. The highest BCUT2D eigenvalue weighted by molar-refractivity contribution is 5.46. The average Bonchev–Trinajstić information content (AvgIpc) is 2.70. The lowest BCUT2D eigenvalue weighted by molar-refractivity contribution is -0.111. The lowest BCUT2D eigenvalue weighted by atomic mass is 9.96. The second-order valence-corrected chi connectivity index (χ2v) is 3.99. The van der Waals surface area contributed by atoms with Crippen molar-refractivity contribution in [2.75, 3.05) is 20.2 Å². The van der Waals surface area contributed by atoms with Gasteiger partial charge in [-0.15, -0.1) is 0 Å². The van der Waals surface area contributed by atoms with Crippen molar-refractivity contribution in [3.8, 4) is 0 Å². The number of aliphatic hydroxyl groups excluding tert-OH is 2. The SMILES string of the molecule is CO.O=CNC1CC(O)C2CCCN2C1. The Morgan fingerprint density at radius 1 is 1.47 bits per heavy atom. The number of amides is 1. The molecule has 2 fully saturated rings. The minimum Gasteiger partial charge on any atom is -0.400 e. The van der Waals surface area contributed by atoms with Crippen molar-refractivity contribution < 1.29 is 15.0 Å². The fourth-order valence-electron chi connectivity index (χ4n) is 2.54. The van der Waals surface area contributed by atoms with E-state index in [1.807, 2.05) is 0 Å². The molecule has 0 aromatic carbocycles. The second-order valence-electron chi connectivity index (χ2n) is 3.99. The Kier molecular flexibility index (Phi) is 5.01. The average molecular weight is 216 g/mol. The van der Waals surface area contributed by atoms with Crippen LogP contribution in [-0.4, -0.2) is 59.9 Å². The Hall–Kier alpha value is -0.650. The maximum Gasteiger partial charge on any atom is 0.207 e. The van der Waals surface area contributed by atoms with Crippen molar-refractivity contribution in [2.45, 2.75) is 37.5 Å². The Labute approximate surface area is 90.1 Å². The van der Waals surface area contributed by atoms with E-state index in [1.165, 1.54) is 6.42 Å². The number of aliphatic hydroxyl groups is 2. The van der Waals surface area contributed by atoms with Crippen molar-refractivity contribution in [2.24, 2.45) is 0 Å². The van der Waals surface area contributed by atoms with Crippen LogP contribution in [-0.2, 0) is 4.79 Å². The molecule has 2 aliphatic rings. The molecule has 2 heterocycles. The molecule has 3 atom stereocenters. The van der Waals surface area contributed by atoms with Gasteiger partial charge in [0.15, 0.2) is 0 Å². The van der Waals surface area contributed by atoms with Crippen LogP contribution in [0.1, 0.15) is 19.3 Å². The quantitative estimate of drug-likeness (QED) is 0.514. The molecule has 0 aliphatic carbocycles. The minimum absolute atomic E-state index is 0.141. The number of piperidine rings is 1. The highest BCUT2D eigenvalue weighted by atomic mass is 16.3. The number of carbonyl (C=O) groups excluding carboxylic acids is 1. The van der Waals surface area contributed by atoms with E-state index in [1.54, 1.807) is 0 Å². The van der Waals surface area contributed by atoms with Gasteiger partial charge < -0.3 is 15.5 Å². The van der Waals surface area contributed by atoms with Gasteiger partial charge in [0, 0.05) is 25.7 Å². The monoisotopic (exact) mass is 216 g/mol. The van der Waals surface area contributed by atoms with E-state index in [-0.39, 0.29) is 12.1 Å². The van der Waals surface area contributed by atoms with Gasteiger partial charge in [0.1, 0.15) is 0 Å². The molecule has 0 bridgehead atoms. The largest absolute Gasteiger partial charge is 0.400 e. The lowest BCUT2D eigenvalue weighted by Crippen LogP contribution is -2.54. The third-order valence-corrected chi connectivity index (χ3v) is 3.14. The third kappa shape index (κ3) is 2.90. The first kappa shape index (κ1) is 12.4. The molecule has 0 aromatic rings. The predicted octanol–water partition coefficient (Wildman–Crippen LogP) is -1.06. The van der Waals surface area contributed by atoms with Crippen LogP contribution in [0.2, 0.25) is 0 Å². The number of nitrogens with one attached hydrogen (secondary N) is 1. The van der Waals surface area contributed by atoms with Crippen LogP contribution in [0.5, 0.6) is 0 Å². The molecular formula is C10H20N2O3. The fourth-order valence-corrected chi connectivity index (χ4v) is 2.54. The van der Waals surface area contributed by atoms with Crippen LogP contribution in [0.15, 0.2) is 0 Å². The molecule has 15 heavy (non-hydrogen) atoms. The molecule has 0 radical (unpaired) electrons. The summed E-state index contributed by atoms with van der Waals surface area (Å²) in [5, 5.41) is 19.5. The number of fused-ring (bicyclic) bond motifs is 1. The van der Waals surface area contributed by atoms with Crippen LogP contribution in [0.3, 0.4) is 0 Å². The molecule has 3 N–H and O–H groups in total. The highest BCUT2D eigenvalue weighted by Gasteiger charge is 2.37. The molecule has 2 saturated heterocycles. The molecule has 2 aliphatic heterocycles. The summed E-state index contributed by atoms with van der Waals surface area (Å²) < 4.78 is 0. The van der Waals surface area contributed by atoms with Gasteiger partial charge in [-0.2, -0.15) is 0 Å². The van der Waals surface area contributed by atoms with Gasteiger partial charge in [-0.3, -0.25) is 9.69 Å². The summed E-state index contributed by atoms with van der Waals surface area (Å²) in [4.78, 5) is 12.5. The van der Waals surface area contributed by atoms with Crippen LogP contribution in [0, 0.1) is 0 Å². The smallest absolute Gasteiger partial charge is 0.207 e. The van der Waals surface area contributed by atoms with E-state index in [9.17, 15) is 9.90 Å². The zero-order valence-electron chi connectivity index (χ0n) is 9.09. The van der Waals surface area contributed by atoms with E-state index >= 15 is 0 Å². The summed E-state index contributed by atoms with van der Waals surface area (Å²) in [6.45, 7) is 1.97. The van der Waals surface area contributed by atoms with E-state index in [2.05, 4.69) is 10.2 Å². The highest BCUT2D eigenvalue weighted by Crippen LogP contribution is 2.26. The van der Waals surface area contributed by atoms with Crippen molar-refractivity contribution in [3.63, 3.8) is 0 Å². The second kappa shape index (κ2) is 6.05. The Morgan fingerprint density at radius 2 is 2.20 bits per heavy atom. The Balaban J connectivity index is 0.000000531. The molecule has 1 amide bonds. The van der Waals surface area contributed by atoms with Crippen LogP contribution >= 0.6 is 0 Å². The van der Waals surface area contributed by atoms with Gasteiger partial charge in [-0.1, -0.05) is 0 Å². The topological polar surface area (TPSA) is 72.8 Å². The zero-order chi connectivity index (χ0) is 11.3. The van der Waals surface area contributed by atoms with Crippen molar-refractivity contribution in [1.82, 2.24) is 10.2 Å².